The summed E-state index contributed by atoms with van der Waals surface area (Å²) in [5, 5.41) is 0. The molecule has 0 unspecified atom stereocenters. The first kappa shape index (κ1) is 14.3. The number of rotatable bonds is 1. The lowest BCUT2D eigenvalue weighted by Crippen LogP contribution is -2.52. The Balaban J connectivity index is 1.88. The van der Waals surface area contributed by atoms with E-state index in [1.807, 2.05) is 0 Å². The predicted octanol–water partition coefficient (Wildman–Crippen LogP) is -0.602. The van der Waals surface area contributed by atoms with E-state index in [0.29, 0.717) is 26.3 Å². The number of hydrogen-bond donors (Lipinski definition) is 0. The van der Waals surface area contributed by atoms with Crippen LogP contribution in [0.25, 0.3) is 0 Å². The molecule has 0 radical (unpaired) electrons. The molecular formula is C13H23N3O3. The predicted molar refractivity (Wildman–Crippen MR) is 70.7 cm³/mol. The fourth-order valence-corrected chi connectivity index (χ4v) is 2.60. The maximum absolute atomic E-state index is 12.2. The van der Waals surface area contributed by atoms with Crippen LogP contribution in [-0.2, 0) is 14.3 Å². The van der Waals surface area contributed by atoms with E-state index in [2.05, 4.69) is 11.9 Å². The van der Waals surface area contributed by atoms with Crippen LogP contribution >= 0.6 is 0 Å². The summed E-state index contributed by atoms with van der Waals surface area (Å²) in [6.45, 7) is 4.05. The average Bonchev–Trinajstić information content (AvgIpc) is 2.46. The quantitative estimate of drug-likeness (QED) is 0.596. The molecule has 0 saturated carbocycles. The molecule has 2 rings (SSSR count). The molecule has 0 aromatic carbocycles. The van der Waals surface area contributed by atoms with Gasteiger partial charge in [0.15, 0.2) is 0 Å². The highest BCUT2D eigenvalue weighted by Gasteiger charge is 2.31. The second-order valence-electron chi connectivity index (χ2n) is 5.36. The number of hydrogen-bond acceptors (Lipinski definition) is 4. The number of amides is 2. The molecule has 2 fully saturated rings. The third kappa shape index (κ3) is 3.45. The van der Waals surface area contributed by atoms with Crippen molar-refractivity contribution in [2.24, 2.45) is 0 Å². The van der Waals surface area contributed by atoms with Gasteiger partial charge in [-0.2, -0.15) is 0 Å². The maximum atomic E-state index is 12.2. The molecule has 2 heterocycles. The largest absolute Gasteiger partial charge is 0.378 e. The van der Waals surface area contributed by atoms with Crippen molar-refractivity contribution in [1.29, 1.82) is 0 Å². The summed E-state index contributed by atoms with van der Waals surface area (Å²) in [6, 6.07) is 0.189. The third-order valence-electron chi connectivity index (χ3n) is 4.04. The van der Waals surface area contributed by atoms with Gasteiger partial charge in [0, 0.05) is 26.2 Å². The number of likely N-dealkylation sites (tertiary alicyclic amines) is 1. The molecule has 0 N–H and O–H groups in total. The Kier molecular flexibility index (Phi) is 4.76. The standard InChI is InChI=1S/C13H23N3O3/c1-14-5-3-11(4-6-14)15(2)12(17)13(18)16-7-9-19-10-8-16/h11H,3-10H2,1-2H3. The lowest BCUT2D eigenvalue weighted by Gasteiger charge is -2.36. The minimum Gasteiger partial charge on any atom is -0.378 e. The number of piperidine rings is 1. The molecule has 2 amide bonds. The zero-order valence-corrected chi connectivity index (χ0v) is 11.8. The minimum atomic E-state index is -0.385. The monoisotopic (exact) mass is 269 g/mol. The Morgan fingerprint density at radius 2 is 1.68 bits per heavy atom. The highest BCUT2D eigenvalue weighted by atomic mass is 16.5. The molecule has 0 atom stereocenters. The SMILES string of the molecule is CN1CCC(N(C)C(=O)C(=O)N2CCOCC2)CC1. The summed E-state index contributed by atoms with van der Waals surface area (Å²) in [5.74, 6) is -0.763. The average molecular weight is 269 g/mol. The summed E-state index contributed by atoms with van der Waals surface area (Å²) >= 11 is 0. The Bertz CT molecular complexity index is 334. The van der Waals surface area contributed by atoms with E-state index in [-0.39, 0.29) is 17.9 Å². The zero-order chi connectivity index (χ0) is 13.8. The van der Waals surface area contributed by atoms with Gasteiger partial charge < -0.3 is 19.4 Å². The van der Waals surface area contributed by atoms with Crippen molar-refractivity contribution in [3.63, 3.8) is 0 Å². The Morgan fingerprint density at radius 3 is 2.26 bits per heavy atom. The van der Waals surface area contributed by atoms with Gasteiger partial charge in [0.2, 0.25) is 0 Å². The number of nitrogens with zero attached hydrogens (tertiary/aromatic N) is 3. The summed E-state index contributed by atoms with van der Waals surface area (Å²) in [7, 11) is 3.83. The molecule has 108 valence electrons. The summed E-state index contributed by atoms with van der Waals surface area (Å²) in [4.78, 5) is 29.8. The van der Waals surface area contributed by atoms with Crippen molar-refractivity contribution in [3.8, 4) is 0 Å². The highest BCUT2D eigenvalue weighted by Crippen LogP contribution is 2.15. The fourth-order valence-electron chi connectivity index (χ4n) is 2.60. The summed E-state index contributed by atoms with van der Waals surface area (Å²) in [5.41, 5.74) is 0. The molecular weight excluding hydrogens is 246 g/mol. The van der Waals surface area contributed by atoms with E-state index < -0.39 is 0 Å². The normalized spacial score (nSPS) is 22.3. The lowest BCUT2D eigenvalue weighted by molar-refractivity contribution is -0.155. The molecule has 2 aliphatic rings. The zero-order valence-electron chi connectivity index (χ0n) is 11.8. The van der Waals surface area contributed by atoms with Gasteiger partial charge in [-0.25, -0.2) is 0 Å². The Morgan fingerprint density at radius 1 is 1.11 bits per heavy atom. The van der Waals surface area contributed by atoms with Crippen LogP contribution in [0.3, 0.4) is 0 Å². The van der Waals surface area contributed by atoms with E-state index in [1.165, 1.54) is 0 Å². The molecule has 0 aromatic heterocycles. The van der Waals surface area contributed by atoms with Crippen molar-refractivity contribution in [1.82, 2.24) is 14.7 Å². The van der Waals surface area contributed by atoms with Crippen molar-refractivity contribution in [2.75, 3.05) is 53.5 Å². The van der Waals surface area contributed by atoms with Crippen LogP contribution in [0.15, 0.2) is 0 Å². The van der Waals surface area contributed by atoms with Gasteiger partial charge in [0.1, 0.15) is 0 Å². The Labute approximate surface area is 114 Å². The molecule has 0 spiro atoms. The van der Waals surface area contributed by atoms with Gasteiger partial charge in [-0.15, -0.1) is 0 Å². The molecule has 0 bridgehead atoms. The van der Waals surface area contributed by atoms with Crippen LogP contribution in [0, 0.1) is 0 Å². The van der Waals surface area contributed by atoms with Crippen molar-refractivity contribution < 1.29 is 14.3 Å². The smallest absolute Gasteiger partial charge is 0.312 e. The fraction of sp³-hybridized carbons (Fsp3) is 0.846. The molecule has 0 aromatic rings. The molecule has 6 nitrogen and oxygen atoms in total. The number of likely N-dealkylation sites (N-methyl/N-ethyl adjacent to an activating group) is 1. The Hall–Kier alpha value is -1.14. The number of morpholine rings is 1. The molecule has 0 aliphatic carbocycles. The first-order chi connectivity index (χ1) is 9.09. The topological polar surface area (TPSA) is 53.1 Å². The summed E-state index contributed by atoms with van der Waals surface area (Å²) < 4.78 is 5.19. The first-order valence-electron chi connectivity index (χ1n) is 6.92. The van der Waals surface area contributed by atoms with E-state index in [0.717, 1.165) is 25.9 Å². The third-order valence-corrected chi connectivity index (χ3v) is 4.04. The molecule has 2 saturated heterocycles. The van der Waals surface area contributed by atoms with Gasteiger partial charge >= 0.3 is 11.8 Å². The lowest BCUT2D eigenvalue weighted by atomic mass is 10.0. The second kappa shape index (κ2) is 6.34. The van der Waals surface area contributed by atoms with Crippen LogP contribution in [0.4, 0.5) is 0 Å². The van der Waals surface area contributed by atoms with Crippen LogP contribution in [0.2, 0.25) is 0 Å². The van der Waals surface area contributed by atoms with E-state index in [9.17, 15) is 9.59 Å². The van der Waals surface area contributed by atoms with Gasteiger partial charge in [0.05, 0.1) is 13.2 Å². The number of ether oxygens (including phenoxy) is 1. The van der Waals surface area contributed by atoms with Gasteiger partial charge in [0.25, 0.3) is 0 Å². The number of carbonyl (C=O) groups excluding carboxylic acids is 2. The number of carbonyl (C=O) groups is 2. The van der Waals surface area contributed by atoms with E-state index >= 15 is 0 Å². The highest BCUT2D eigenvalue weighted by molar-refractivity contribution is 6.34. The maximum Gasteiger partial charge on any atom is 0.312 e. The van der Waals surface area contributed by atoms with Crippen LogP contribution < -0.4 is 0 Å². The van der Waals surface area contributed by atoms with Crippen molar-refractivity contribution in [2.45, 2.75) is 18.9 Å². The second-order valence-corrected chi connectivity index (χ2v) is 5.36. The van der Waals surface area contributed by atoms with Crippen molar-refractivity contribution >= 4 is 11.8 Å². The molecule has 2 aliphatic heterocycles. The van der Waals surface area contributed by atoms with E-state index in [4.69, 9.17) is 4.74 Å². The minimum absolute atomic E-state index is 0.189. The van der Waals surface area contributed by atoms with Gasteiger partial charge in [-0.05, 0) is 33.0 Å². The first-order valence-corrected chi connectivity index (χ1v) is 6.92. The van der Waals surface area contributed by atoms with Gasteiger partial charge in [-0.3, -0.25) is 9.59 Å². The van der Waals surface area contributed by atoms with Crippen LogP contribution in [-0.4, -0.2) is 86.0 Å². The molecule has 6 heteroatoms. The van der Waals surface area contributed by atoms with Crippen LogP contribution in [0.5, 0.6) is 0 Å². The molecule has 19 heavy (non-hydrogen) atoms. The van der Waals surface area contributed by atoms with Crippen molar-refractivity contribution in [3.05, 3.63) is 0 Å². The summed E-state index contributed by atoms with van der Waals surface area (Å²) in [6.07, 6.45) is 1.88. The van der Waals surface area contributed by atoms with Gasteiger partial charge in [-0.1, -0.05) is 0 Å². The van der Waals surface area contributed by atoms with Crippen LogP contribution in [0.1, 0.15) is 12.8 Å². The van der Waals surface area contributed by atoms with E-state index in [1.54, 1.807) is 16.8 Å².